The summed E-state index contributed by atoms with van der Waals surface area (Å²) in [6, 6.07) is 4.85. The molecule has 1 aromatic rings. The van der Waals surface area contributed by atoms with Crippen LogP contribution in [0.25, 0.3) is 0 Å². The van der Waals surface area contributed by atoms with Gasteiger partial charge in [-0.25, -0.2) is 4.39 Å². The first-order chi connectivity index (χ1) is 8.13. The first-order valence-corrected chi connectivity index (χ1v) is 6.24. The van der Waals surface area contributed by atoms with E-state index in [0.29, 0.717) is 0 Å². The molecule has 0 aromatic heterocycles. The molecule has 1 rings (SSSR count). The van der Waals surface area contributed by atoms with Gasteiger partial charge in [-0.1, -0.05) is 17.7 Å². The third kappa shape index (κ3) is 5.48. The van der Waals surface area contributed by atoms with Crippen LogP contribution in [-0.4, -0.2) is 36.8 Å². The molecule has 0 saturated carbocycles. The minimum Gasteiger partial charge on any atom is -0.396 e. The molecule has 1 aromatic carbocycles. The van der Waals surface area contributed by atoms with Gasteiger partial charge in [-0.2, -0.15) is 0 Å². The third-order valence-electron chi connectivity index (χ3n) is 2.71. The molecule has 0 aliphatic carbocycles. The zero-order chi connectivity index (χ0) is 12.7. The van der Waals surface area contributed by atoms with Gasteiger partial charge in [0.05, 0.1) is 5.02 Å². The predicted molar refractivity (Wildman–Crippen MR) is 68.9 cm³/mol. The lowest BCUT2D eigenvalue weighted by molar-refractivity contribution is 0.264. The first-order valence-electron chi connectivity index (χ1n) is 5.87. The van der Waals surface area contributed by atoms with E-state index in [1.54, 1.807) is 12.1 Å². The monoisotopic (exact) mass is 259 g/mol. The molecule has 0 fully saturated rings. The van der Waals surface area contributed by atoms with Crippen molar-refractivity contribution in [2.75, 3.05) is 26.7 Å². The van der Waals surface area contributed by atoms with Crippen molar-refractivity contribution in [1.82, 2.24) is 4.90 Å². The molecule has 17 heavy (non-hydrogen) atoms. The van der Waals surface area contributed by atoms with Gasteiger partial charge in [-0.15, -0.1) is 0 Å². The molecule has 0 aliphatic rings. The van der Waals surface area contributed by atoms with Crippen LogP contribution < -0.4 is 0 Å². The fourth-order valence-corrected chi connectivity index (χ4v) is 1.82. The normalized spacial score (nSPS) is 11.1. The zero-order valence-corrected chi connectivity index (χ0v) is 10.9. The van der Waals surface area contributed by atoms with E-state index in [9.17, 15) is 4.39 Å². The molecule has 0 radical (unpaired) electrons. The number of unbranched alkanes of at least 4 members (excludes halogenated alkanes) is 1. The highest BCUT2D eigenvalue weighted by atomic mass is 35.5. The van der Waals surface area contributed by atoms with Gasteiger partial charge in [-0.05, 0) is 50.6 Å². The molecule has 0 atom stereocenters. The molecular formula is C13H19ClFNO. The predicted octanol–water partition coefficient (Wildman–Crippen LogP) is 2.73. The molecule has 4 heteroatoms. The molecule has 1 N–H and O–H groups in total. The van der Waals surface area contributed by atoms with Gasteiger partial charge in [0.25, 0.3) is 0 Å². The van der Waals surface area contributed by atoms with Crippen molar-refractivity contribution in [1.29, 1.82) is 0 Å². The standard InChI is InChI=1S/C13H19ClFNO/c1-16(7-2-3-9-17)8-6-11-4-5-13(15)12(14)10-11/h4-5,10,17H,2-3,6-9H2,1H3. The number of likely N-dealkylation sites (N-methyl/N-ethyl adjacent to an activating group) is 1. The van der Waals surface area contributed by atoms with Crippen LogP contribution in [0.5, 0.6) is 0 Å². The first kappa shape index (κ1) is 14.4. The highest BCUT2D eigenvalue weighted by Crippen LogP contribution is 2.16. The van der Waals surface area contributed by atoms with E-state index in [2.05, 4.69) is 4.90 Å². The van der Waals surface area contributed by atoms with Crippen molar-refractivity contribution in [2.45, 2.75) is 19.3 Å². The Hall–Kier alpha value is -0.640. The van der Waals surface area contributed by atoms with Crippen molar-refractivity contribution in [3.63, 3.8) is 0 Å². The van der Waals surface area contributed by atoms with E-state index < -0.39 is 0 Å². The summed E-state index contributed by atoms with van der Waals surface area (Å²) in [6.07, 6.45) is 2.69. The lowest BCUT2D eigenvalue weighted by Gasteiger charge is -2.16. The van der Waals surface area contributed by atoms with Crippen LogP contribution in [0.3, 0.4) is 0 Å². The maximum absolute atomic E-state index is 12.9. The van der Waals surface area contributed by atoms with E-state index in [4.69, 9.17) is 16.7 Å². The van der Waals surface area contributed by atoms with Crippen LogP contribution >= 0.6 is 11.6 Å². The van der Waals surface area contributed by atoms with Crippen LogP contribution in [0, 0.1) is 5.82 Å². The maximum atomic E-state index is 12.9. The molecule has 2 nitrogen and oxygen atoms in total. The Morgan fingerprint density at radius 3 is 2.71 bits per heavy atom. The Morgan fingerprint density at radius 1 is 1.29 bits per heavy atom. The van der Waals surface area contributed by atoms with Crippen LogP contribution in [0.15, 0.2) is 18.2 Å². The Balaban J connectivity index is 2.31. The lowest BCUT2D eigenvalue weighted by atomic mass is 10.1. The summed E-state index contributed by atoms with van der Waals surface area (Å²) in [4.78, 5) is 2.20. The van der Waals surface area contributed by atoms with Gasteiger partial charge in [0.15, 0.2) is 0 Å². The summed E-state index contributed by atoms with van der Waals surface area (Å²) >= 11 is 5.72. The van der Waals surface area contributed by atoms with Crippen molar-refractivity contribution in [2.24, 2.45) is 0 Å². The van der Waals surface area contributed by atoms with Crippen LogP contribution in [0.4, 0.5) is 4.39 Å². The fraction of sp³-hybridized carbons (Fsp3) is 0.538. The Morgan fingerprint density at radius 2 is 2.06 bits per heavy atom. The van der Waals surface area contributed by atoms with E-state index >= 15 is 0 Å². The van der Waals surface area contributed by atoms with Gasteiger partial charge in [-0.3, -0.25) is 0 Å². The number of hydrogen-bond acceptors (Lipinski definition) is 2. The van der Waals surface area contributed by atoms with Crippen LogP contribution in [0.2, 0.25) is 5.02 Å². The summed E-state index contributed by atoms with van der Waals surface area (Å²) in [5.41, 5.74) is 1.05. The summed E-state index contributed by atoms with van der Waals surface area (Å²) in [5, 5.41) is 8.86. The summed E-state index contributed by atoms with van der Waals surface area (Å²) in [7, 11) is 2.04. The van der Waals surface area contributed by atoms with E-state index in [1.165, 1.54) is 6.07 Å². The summed E-state index contributed by atoms with van der Waals surface area (Å²) in [6.45, 7) is 2.13. The lowest BCUT2D eigenvalue weighted by Crippen LogP contribution is -2.22. The number of aliphatic hydroxyl groups excluding tert-OH is 1. The number of halogens is 2. The van der Waals surface area contributed by atoms with Crippen molar-refractivity contribution in [3.8, 4) is 0 Å². The largest absolute Gasteiger partial charge is 0.396 e. The van der Waals surface area contributed by atoms with E-state index in [-0.39, 0.29) is 17.4 Å². The number of hydrogen-bond donors (Lipinski definition) is 1. The fourth-order valence-electron chi connectivity index (χ4n) is 1.62. The number of benzene rings is 1. The molecule has 0 aliphatic heterocycles. The Labute approximate surface area is 107 Å². The molecule has 0 spiro atoms. The highest BCUT2D eigenvalue weighted by molar-refractivity contribution is 6.30. The smallest absolute Gasteiger partial charge is 0.141 e. The van der Waals surface area contributed by atoms with Crippen LogP contribution in [-0.2, 0) is 6.42 Å². The van der Waals surface area contributed by atoms with Crippen molar-refractivity contribution in [3.05, 3.63) is 34.6 Å². The highest BCUT2D eigenvalue weighted by Gasteiger charge is 2.03. The topological polar surface area (TPSA) is 23.5 Å². The SMILES string of the molecule is CN(CCCCO)CCc1ccc(F)c(Cl)c1. The summed E-state index contributed by atoms with van der Waals surface area (Å²) in [5.74, 6) is -0.369. The molecule has 96 valence electrons. The van der Waals surface area contributed by atoms with Gasteiger partial charge in [0, 0.05) is 13.2 Å². The van der Waals surface area contributed by atoms with Gasteiger partial charge >= 0.3 is 0 Å². The Kier molecular flexibility index (Phi) is 6.48. The Bertz CT molecular complexity index is 346. The quantitative estimate of drug-likeness (QED) is 0.761. The summed E-state index contributed by atoms with van der Waals surface area (Å²) < 4.78 is 12.9. The average molecular weight is 260 g/mol. The van der Waals surface area contributed by atoms with E-state index in [0.717, 1.165) is 37.9 Å². The zero-order valence-electron chi connectivity index (χ0n) is 10.1. The molecule has 0 saturated heterocycles. The van der Waals surface area contributed by atoms with Crippen LogP contribution in [0.1, 0.15) is 18.4 Å². The van der Waals surface area contributed by atoms with Crippen molar-refractivity contribution < 1.29 is 9.50 Å². The number of rotatable bonds is 7. The number of aliphatic hydroxyl groups is 1. The minimum absolute atomic E-state index is 0.186. The van der Waals surface area contributed by atoms with Gasteiger partial charge in [0.1, 0.15) is 5.82 Å². The van der Waals surface area contributed by atoms with Gasteiger partial charge in [0.2, 0.25) is 0 Å². The second-order valence-corrected chi connectivity index (χ2v) is 4.64. The van der Waals surface area contributed by atoms with Crippen molar-refractivity contribution >= 4 is 11.6 Å². The average Bonchev–Trinajstić information content (AvgIpc) is 2.31. The minimum atomic E-state index is -0.369. The molecule has 0 bridgehead atoms. The molecule has 0 unspecified atom stereocenters. The van der Waals surface area contributed by atoms with Gasteiger partial charge < -0.3 is 10.0 Å². The third-order valence-corrected chi connectivity index (χ3v) is 3.00. The molecular weight excluding hydrogens is 241 g/mol. The van der Waals surface area contributed by atoms with E-state index in [1.807, 2.05) is 7.05 Å². The second kappa shape index (κ2) is 7.64. The maximum Gasteiger partial charge on any atom is 0.141 e. The number of nitrogens with zero attached hydrogens (tertiary/aromatic N) is 1. The second-order valence-electron chi connectivity index (χ2n) is 4.23. The molecule has 0 heterocycles. The molecule has 0 amide bonds.